The van der Waals surface area contributed by atoms with E-state index in [0.29, 0.717) is 6.42 Å². The average molecular weight is 142 g/mol. The zero-order valence-corrected chi connectivity index (χ0v) is 5.07. The predicted octanol–water partition coefficient (Wildman–Crippen LogP) is 1.71. The molecule has 1 nitrogen and oxygen atoms in total. The van der Waals surface area contributed by atoms with Crippen LogP contribution in [-0.2, 0) is 0 Å². The van der Waals surface area contributed by atoms with Crippen molar-refractivity contribution in [3.05, 3.63) is 0 Å². The molecule has 0 rings (SSSR count). The van der Waals surface area contributed by atoms with Gasteiger partial charge in [-0.05, 0) is 6.42 Å². The minimum atomic E-state index is -4.43. The molecule has 0 saturated carbocycles. The topological polar surface area (TPSA) is 20.2 Å². The molecule has 0 aliphatic heterocycles. The number of hydrogen-bond donors (Lipinski definition) is 1. The van der Waals surface area contributed by atoms with Gasteiger partial charge in [-0.2, -0.15) is 13.2 Å². The van der Waals surface area contributed by atoms with Crippen LogP contribution < -0.4 is 0 Å². The van der Waals surface area contributed by atoms with Crippen LogP contribution in [0.2, 0.25) is 0 Å². The summed E-state index contributed by atoms with van der Waals surface area (Å²) in [5, 5.41) is 8.26. The lowest BCUT2D eigenvalue weighted by Gasteiger charge is -2.12. The molecule has 4 heteroatoms. The maximum absolute atomic E-state index is 11.4. The highest BCUT2D eigenvalue weighted by atomic mass is 19.4. The lowest BCUT2D eigenvalue weighted by atomic mass is 10.2. The summed E-state index contributed by atoms with van der Waals surface area (Å²) < 4.78 is 34.2. The summed E-state index contributed by atoms with van der Waals surface area (Å²) >= 11 is 0. The molecule has 56 valence electrons. The van der Waals surface area contributed by atoms with E-state index in [1.165, 1.54) is 0 Å². The zero-order chi connectivity index (χ0) is 7.49. The number of halogens is 3. The van der Waals surface area contributed by atoms with Crippen LogP contribution in [0.5, 0.6) is 0 Å². The SMILES string of the molecule is CCC[C@H](O)C(F)(F)F. The van der Waals surface area contributed by atoms with Gasteiger partial charge in [0.15, 0.2) is 0 Å². The van der Waals surface area contributed by atoms with E-state index in [2.05, 4.69) is 0 Å². The molecule has 0 aromatic rings. The van der Waals surface area contributed by atoms with Gasteiger partial charge in [0.1, 0.15) is 6.10 Å². The van der Waals surface area contributed by atoms with E-state index in [4.69, 9.17) is 5.11 Å². The van der Waals surface area contributed by atoms with Crippen molar-refractivity contribution in [1.29, 1.82) is 0 Å². The van der Waals surface area contributed by atoms with Gasteiger partial charge >= 0.3 is 6.18 Å². The van der Waals surface area contributed by atoms with Crippen molar-refractivity contribution in [3.8, 4) is 0 Å². The smallest absolute Gasteiger partial charge is 0.384 e. The quantitative estimate of drug-likeness (QED) is 0.622. The highest BCUT2D eigenvalue weighted by Crippen LogP contribution is 2.22. The lowest BCUT2D eigenvalue weighted by Crippen LogP contribution is -2.27. The minimum Gasteiger partial charge on any atom is -0.384 e. The Balaban J connectivity index is 3.59. The second-order valence-corrected chi connectivity index (χ2v) is 1.85. The Labute approximate surface area is 51.5 Å². The first-order valence-electron chi connectivity index (χ1n) is 2.73. The normalized spacial score (nSPS) is 15.7. The van der Waals surface area contributed by atoms with E-state index in [-0.39, 0.29) is 6.42 Å². The molecule has 0 aliphatic carbocycles. The second kappa shape index (κ2) is 3.06. The van der Waals surface area contributed by atoms with Crippen LogP contribution in [0, 0.1) is 0 Å². The fraction of sp³-hybridized carbons (Fsp3) is 1.00. The standard InChI is InChI=1S/C5H9F3O/c1-2-3-4(9)5(6,7)8/h4,9H,2-3H2,1H3/t4-/m0/s1. The number of aliphatic hydroxyl groups excluding tert-OH is 1. The number of hydrogen-bond acceptors (Lipinski definition) is 1. The summed E-state index contributed by atoms with van der Waals surface area (Å²) in [6.45, 7) is 1.59. The molecule has 0 aromatic carbocycles. The first-order chi connectivity index (χ1) is 3.98. The van der Waals surface area contributed by atoms with Crippen LogP contribution in [0.25, 0.3) is 0 Å². The zero-order valence-electron chi connectivity index (χ0n) is 5.07. The van der Waals surface area contributed by atoms with Crippen LogP contribution in [0.4, 0.5) is 13.2 Å². The largest absolute Gasteiger partial charge is 0.414 e. The summed E-state index contributed by atoms with van der Waals surface area (Å²) in [4.78, 5) is 0. The molecule has 0 amide bonds. The molecule has 1 atom stereocenters. The van der Waals surface area contributed by atoms with Crippen molar-refractivity contribution in [3.63, 3.8) is 0 Å². The molecular formula is C5H9F3O. The Morgan fingerprint density at radius 2 is 1.89 bits per heavy atom. The molecule has 0 unspecified atom stereocenters. The first kappa shape index (κ1) is 8.75. The predicted molar refractivity (Wildman–Crippen MR) is 27.0 cm³/mol. The lowest BCUT2D eigenvalue weighted by molar-refractivity contribution is -0.205. The average Bonchev–Trinajstić information content (AvgIpc) is 1.64. The molecule has 0 radical (unpaired) electrons. The van der Waals surface area contributed by atoms with Gasteiger partial charge in [0.05, 0.1) is 0 Å². The van der Waals surface area contributed by atoms with Crippen molar-refractivity contribution in [2.75, 3.05) is 0 Å². The highest BCUT2D eigenvalue weighted by Gasteiger charge is 2.36. The minimum absolute atomic E-state index is 0.205. The van der Waals surface area contributed by atoms with Gasteiger partial charge < -0.3 is 5.11 Å². The van der Waals surface area contributed by atoms with Gasteiger partial charge in [0.2, 0.25) is 0 Å². The highest BCUT2D eigenvalue weighted by molar-refractivity contribution is 4.62. The maximum Gasteiger partial charge on any atom is 0.414 e. The number of alkyl halides is 3. The van der Waals surface area contributed by atoms with E-state index < -0.39 is 12.3 Å². The van der Waals surface area contributed by atoms with Crippen molar-refractivity contribution in [2.24, 2.45) is 0 Å². The molecule has 0 saturated heterocycles. The van der Waals surface area contributed by atoms with Crippen LogP contribution in [-0.4, -0.2) is 17.4 Å². The molecule has 9 heavy (non-hydrogen) atoms. The Hall–Kier alpha value is -0.250. The summed E-state index contributed by atoms with van der Waals surface area (Å²) in [5.74, 6) is 0. The van der Waals surface area contributed by atoms with Gasteiger partial charge in [-0.3, -0.25) is 0 Å². The molecule has 0 fully saturated rings. The Morgan fingerprint density at radius 1 is 1.44 bits per heavy atom. The van der Waals surface area contributed by atoms with E-state index >= 15 is 0 Å². The molecule has 0 bridgehead atoms. The van der Waals surface area contributed by atoms with Gasteiger partial charge in [-0.1, -0.05) is 13.3 Å². The third kappa shape index (κ3) is 3.35. The third-order valence-electron chi connectivity index (χ3n) is 0.940. The number of rotatable bonds is 2. The Bertz CT molecular complexity index is 78.8. The monoisotopic (exact) mass is 142 g/mol. The molecule has 0 aliphatic rings. The van der Waals surface area contributed by atoms with E-state index in [9.17, 15) is 13.2 Å². The van der Waals surface area contributed by atoms with Gasteiger partial charge in [-0.25, -0.2) is 0 Å². The van der Waals surface area contributed by atoms with Crippen LogP contribution in [0.1, 0.15) is 19.8 Å². The van der Waals surface area contributed by atoms with Crippen molar-refractivity contribution in [2.45, 2.75) is 32.0 Å². The molecule has 0 aromatic heterocycles. The van der Waals surface area contributed by atoms with Gasteiger partial charge in [0, 0.05) is 0 Å². The fourth-order valence-electron chi connectivity index (χ4n) is 0.437. The molecular weight excluding hydrogens is 133 g/mol. The van der Waals surface area contributed by atoms with Gasteiger partial charge in [-0.15, -0.1) is 0 Å². The third-order valence-corrected chi connectivity index (χ3v) is 0.940. The maximum atomic E-state index is 11.4. The van der Waals surface area contributed by atoms with Crippen molar-refractivity contribution in [1.82, 2.24) is 0 Å². The van der Waals surface area contributed by atoms with E-state index in [1.807, 2.05) is 0 Å². The molecule has 0 spiro atoms. The summed E-state index contributed by atoms with van der Waals surface area (Å²) in [6, 6.07) is 0. The van der Waals surface area contributed by atoms with E-state index in [0.717, 1.165) is 0 Å². The molecule has 0 heterocycles. The van der Waals surface area contributed by atoms with Crippen LogP contribution in [0.3, 0.4) is 0 Å². The summed E-state index contributed by atoms with van der Waals surface area (Å²) in [6.07, 6.45) is -6.43. The van der Waals surface area contributed by atoms with Crippen LogP contribution in [0.15, 0.2) is 0 Å². The van der Waals surface area contributed by atoms with Crippen LogP contribution >= 0.6 is 0 Å². The molecule has 1 N–H and O–H groups in total. The van der Waals surface area contributed by atoms with Gasteiger partial charge in [0.25, 0.3) is 0 Å². The Kier molecular flexibility index (Phi) is 2.97. The van der Waals surface area contributed by atoms with Crippen molar-refractivity contribution >= 4 is 0 Å². The summed E-state index contributed by atoms with van der Waals surface area (Å²) in [7, 11) is 0. The fourth-order valence-corrected chi connectivity index (χ4v) is 0.437. The van der Waals surface area contributed by atoms with E-state index in [1.54, 1.807) is 6.92 Å². The summed E-state index contributed by atoms with van der Waals surface area (Å²) in [5.41, 5.74) is 0. The number of aliphatic hydroxyl groups is 1. The Morgan fingerprint density at radius 3 is 2.00 bits per heavy atom. The first-order valence-corrected chi connectivity index (χ1v) is 2.73. The van der Waals surface area contributed by atoms with Crippen molar-refractivity contribution < 1.29 is 18.3 Å². The second-order valence-electron chi connectivity index (χ2n) is 1.85.